The predicted octanol–water partition coefficient (Wildman–Crippen LogP) is 3.89. The minimum atomic E-state index is -0.293. The summed E-state index contributed by atoms with van der Waals surface area (Å²) in [7, 11) is 0. The average molecular weight is 287 g/mol. The molecule has 0 bridgehead atoms. The van der Waals surface area contributed by atoms with Gasteiger partial charge in [0, 0.05) is 5.02 Å². The van der Waals surface area contributed by atoms with Crippen LogP contribution in [0.25, 0.3) is 0 Å². The van der Waals surface area contributed by atoms with E-state index < -0.39 is 0 Å². The van der Waals surface area contributed by atoms with Gasteiger partial charge in [-0.2, -0.15) is 0 Å². The molecule has 0 fully saturated rings. The van der Waals surface area contributed by atoms with Crippen molar-refractivity contribution in [3.8, 4) is 0 Å². The number of anilines is 2. The Hall–Kier alpha value is -1.23. The second kappa shape index (κ2) is 4.96. The lowest BCUT2D eigenvalue weighted by molar-refractivity contribution is 0.103. The molecule has 6 heteroatoms. The van der Waals surface area contributed by atoms with Crippen LogP contribution in [0.5, 0.6) is 0 Å². The third-order valence-corrected chi connectivity index (χ3v) is 3.66. The van der Waals surface area contributed by atoms with Gasteiger partial charge in [0.1, 0.15) is 4.88 Å². The van der Waals surface area contributed by atoms with Crippen molar-refractivity contribution in [3.63, 3.8) is 0 Å². The minimum absolute atomic E-state index is 0.293. The molecule has 0 saturated carbocycles. The average Bonchev–Trinajstić information content (AvgIpc) is 2.70. The van der Waals surface area contributed by atoms with Gasteiger partial charge in [0.05, 0.1) is 16.4 Å². The first kappa shape index (κ1) is 12.2. The highest BCUT2D eigenvalue weighted by atomic mass is 35.5. The van der Waals surface area contributed by atoms with Crippen LogP contribution >= 0.6 is 34.5 Å². The van der Waals surface area contributed by atoms with Crippen LogP contribution in [0.4, 0.5) is 11.4 Å². The summed E-state index contributed by atoms with van der Waals surface area (Å²) >= 11 is 13.0. The molecule has 1 amide bonds. The first-order valence-corrected chi connectivity index (χ1v) is 6.31. The first-order valence-electron chi connectivity index (χ1n) is 4.67. The van der Waals surface area contributed by atoms with E-state index in [9.17, 15) is 4.79 Å². The van der Waals surface area contributed by atoms with Gasteiger partial charge in [0.15, 0.2) is 0 Å². The van der Waals surface area contributed by atoms with Crippen molar-refractivity contribution in [3.05, 3.63) is 44.6 Å². The molecule has 17 heavy (non-hydrogen) atoms. The van der Waals surface area contributed by atoms with Gasteiger partial charge in [-0.1, -0.05) is 23.2 Å². The van der Waals surface area contributed by atoms with E-state index in [0.29, 0.717) is 26.3 Å². The topological polar surface area (TPSA) is 55.1 Å². The summed E-state index contributed by atoms with van der Waals surface area (Å²) in [6.45, 7) is 0. The fourth-order valence-corrected chi connectivity index (χ4v) is 2.48. The molecule has 88 valence electrons. The van der Waals surface area contributed by atoms with Gasteiger partial charge in [-0.05, 0) is 29.6 Å². The first-order chi connectivity index (χ1) is 8.08. The summed E-state index contributed by atoms with van der Waals surface area (Å²) in [5, 5.41) is 5.35. The Kier molecular flexibility index (Phi) is 3.57. The molecule has 0 aliphatic carbocycles. The van der Waals surface area contributed by atoms with Crippen LogP contribution in [-0.2, 0) is 0 Å². The molecule has 0 aliphatic rings. The number of nitrogens with two attached hydrogens (primary N) is 1. The van der Waals surface area contributed by atoms with Gasteiger partial charge in [-0.25, -0.2) is 0 Å². The summed E-state index contributed by atoms with van der Waals surface area (Å²) in [6, 6.07) is 6.55. The summed E-state index contributed by atoms with van der Waals surface area (Å²) in [5.41, 5.74) is 6.66. The minimum Gasteiger partial charge on any atom is -0.397 e. The zero-order valence-corrected chi connectivity index (χ0v) is 10.9. The zero-order valence-electron chi connectivity index (χ0n) is 8.54. The van der Waals surface area contributed by atoms with Crippen LogP contribution in [0.3, 0.4) is 0 Å². The molecule has 0 aliphatic heterocycles. The van der Waals surface area contributed by atoms with Crippen molar-refractivity contribution in [2.45, 2.75) is 0 Å². The van der Waals surface area contributed by atoms with E-state index >= 15 is 0 Å². The second-order valence-corrected chi connectivity index (χ2v) is 5.04. The van der Waals surface area contributed by atoms with Gasteiger partial charge in [0.2, 0.25) is 0 Å². The van der Waals surface area contributed by atoms with Gasteiger partial charge in [-0.15, -0.1) is 11.3 Å². The largest absolute Gasteiger partial charge is 0.397 e. The van der Waals surface area contributed by atoms with Crippen molar-refractivity contribution < 1.29 is 4.79 Å². The lowest BCUT2D eigenvalue weighted by atomic mass is 10.2. The van der Waals surface area contributed by atoms with Crippen LogP contribution in [0.1, 0.15) is 9.67 Å². The molecule has 0 unspecified atom stereocenters. The summed E-state index contributed by atoms with van der Waals surface area (Å²) in [4.78, 5) is 12.3. The van der Waals surface area contributed by atoms with E-state index in [-0.39, 0.29) is 5.91 Å². The summed E-state index contributed by atoms with van der Waals surface area (Å²) < 4.78 is 0. The maximum atomic E-state index is 11.9. The van der Waals surface area contributed by atoms with Crippen LogP contribution in [0.15, 0.2) is 29.6 Å². The number of thiophene rings is 1. The molecule has 0 saturated heterocycles. The van der Waals surface area contributed by atoms with Crippen molar-refractivity contribution >= 4 is 51.8 Å². The van der Waals surface area contributed by atoms with Gasteiger partial charge < -0.3 is 11.1 Å². The van der Waals surface area contributed by atoms with Crippen molar-refractivity contribution in [1.82, 2.24) is 0 Å². The molecular formula is C11H8Cl2N2OS. The van der Waals surface area contributed by atoms with Gasteiger partial charge in [-0.3, -0.25) is 4.79 Å². The summed E-state index contributed by atoms with van der Waals surface area (Å²) in [6.07, 6.45) is 0. The highest BCUT2D eigenvalue weighted by Gasteiger charge is 2.13. The van der Waals surface area contributed by atoms with Crippen molar-refractivity contribution in [1.29, 1.82) is 0 Å². The summed E-state index contributed by atoms with van der Waals surface area (Å²) in [5.74, 6) is -0.293. The van der Waals surface area contributed by atoms with Gasteiger partial charge >= 0.3 is 0 Å². The van der Waals surface area contributed by atoms with Crippen LogP contribution in [0.2, 0.25) is 10.0 Å². The number of hydrogen-bond donors (Lipinski definition) is 2. The molecular weight excluding hydrogens is 279 g/mol. The molecule has 1 aromatic heterocycles. The molecule has 1 heterocycles. The van der Waals surface area contributed by atoms with Crippen molar-refractivity contribution in [2.24, 2.45) is 0 Å². The molecule has 0 atom stereocenters. The smallest absolute Gasteiger partial charge is 0.267 e. The Labute approximate surface area is 112 Å². The number of benzene rings is 1. The quantitative estimate of drug-likeness (QED) is 0.823. The lowest BCUT2D eigenvalue weighted by Crippen LogP contribution is -2.12. The highest BCUT2D eigenvalue weighted by molar-refractivity contribution is 7.12. The molecule has 2 aromatic rings. The van der Waals surface area contributed by atoms with E-state index in [0.717, 1.165) is 0 Å². The maximum Gasteiger partial charge on any atom is 0.267 e. The highest BCUT2D eigenvalue weighted by Crippen LogP contribution is 2.26. The lowest BCUT2D eigenvalue weighted by Gasteiger charge is -2.07. The van der Waals surface area contributed by atoms with E-state index in [1.54, 1.807) is 29.6 Å². The SMILES string of the molecule is Nc1ccc(Cl)cc1NC(=O)c1sccc1Cl. The second-order valence-electron chi connectivity index (χ2n) is 3.28. The number of carbonyl (C=O) groups is 1. The number of hydrogen-bond acceptors (Lipinski definition) is 3. The Balaban J connectivity index is 2.24. The standard InChI is InChI=1S/C11H8Cl2N2OS/c12-6-1-2-8(14)9(5-6)15-11(16)10-7(13)3-4-17-10/h1-5H,14H2,(H,15,16). The van der Waals surface area contributed by atoms with Crippen molar-refractivity contribution in [2.75, 3.05) is 11.1 Å². The Bertz CT molecular complexity index is 568. The molecule has 2 rings (SSSR count). The molecule has 0 spiro atoms. The number of amides is 1. The van der Waals surface area contributed by atoms with E-state index in [2.05, 4.69) is 5.32 Å². The normalized spacial score (nSPS) is 10.2. The monoisotopic (exact) mass is 286 g/mol. The van der Waals surface area contributed by atoms with E-state index in [1.165, 1.54) is 11.3 Å². The van der Waals surface area contributed by atoms with E-state index in [4.69, 9.17) is 28.9 Å². The Morgan fingerprint density at radius 2 is 2.06 bits per heavy atom. The van der Waals surface area contributed by atoms with Crippen LogP contribution < -0.4 is 11.1 Å². The molecule has 3 nitrogen and oxygen atoms in total. The number of nitrogens with one attached hydrogen (secondary N) is 1. The van der Waals surface area contributed by atoms with Crippen LogP contribution in [-0.4, -0.2) is 5.91 Å². The fraction of sp³-hybridized carbons (Fsp3) is 0. The number of rotatable bonds is 2. The number of halogens is 2. The number of carbonyl (C=O) groups excluding carboxylic acids is 1. The third-order valence-electron chi connectivity index (χ3n) is 2.09. The fourth-order valence-electron chi connectivity index (χ4n) is 1.27. The predicted molar refractivity (Wildman–Crippen MR) is 73.1 cm³/mol. The molecule has 0 radical (unpaired) electrons. The van der Waals surface area contributed by atoms with Gasteiger partial charge in [0.25, 0.3) is 5.91 Å². The molecule has 3 N–H and O–H groups in total. The number of nitrogen functional groups attached to an aromatic ring is 1. The molecule has 1 aromatic carbocycles. The van der Waals surface area contributed by atoms with E-state index in [1.807, 2.05) is 0 Å². The third kappa shape index (κ3) is 2.72. The zero-order chi connectivity index (χ0) is 12.4. The van der Waals surface area contributed by atoms with Crippen LogP contribution in [0, 0.1) is 0 Å². The Morgan fingerprint density at radius 3 is 2.71 bits per heavy atom. The maximum absolute atomic E-state index is 11.9. The Morgan fingerprint density at radius 1 is 1.29 bits per heavy atom.